The van der Waals surface area contributed by atoms with Gasteiger partial charge in [-0.25, -0.2) is 4.98 Å². The van der Waals surface area contributed by atoms with Crippen molar-refractivity contribution in [3.63, 3.8) is 0 Å². The third-order valence-corrected chi connectivity index (χ3v) is 7.63. The van der Waals surface area contributed by atoms with Crippen LogP contribution in [0.4, 0.5) is 17.3 Å². The van der Waals surface area contributed by atoms with E-state index >= 15 is 0 Å². The number of hydrogen-bond acceptors (Lipinski definition) is 8. The number of nitrogens with one attached hydrogen (secondary N) is 3. The number of methoxy groups -OCH3 is 2. The van der Waals surface area contributed by atoms with Gasteiger partial charge in [-0.1, -0.05) is 0 Å². The first-order valence-electron chi connectivity index (χ1n) is 12.9. The maximum atomic E-state index is 13.3. The fraction of sp³-hybridized carbons (Fsp3) is 0.538. The Morgan fingerprint density at radius 3 is 2.54 bits per heavy atom. The van der Waals surface area contributed by atoms with E-state index in [1.165, 1.54) is 6.20 Å². The molecule has 0 saturated heterocycles. The molecular formula is C26H35N7O4. The van der Waals surface area contributed by atoms with Crippen molar-refractivity contribution in [1.29, 1.82) is 0 Å². The van der Waals surface area contributed by atoms with Gasteiger partial charge in [-0.3, -0.25) is 9.59 Å². The maximum absolute atomic E-state index is 13.3. The van der Waals surface area contributed by atoms with Crippen molar-refractivity contribution in [3.05, 3.63) is 46.5 Å². The van der Waals surface area contributed by atoms with E-state index in [0.29, 0.717) is 28.5 Å². The van der Waals surface area contributed by atoms with E-state index in [0.717, 1.165) is 44.9 Å². The van der Waals surface area contributed by atoms with Crippen LogP contribution in [-0.2, 0) is 9.47 Å². The van der Waals surface area contributed by atoms with Gasteiger partial charge in [0.05, 0.1) is 18.4 Å². The predicted octanol–water partition coefficient (Wildman–Crippen LogP) is 3.10. The van der Waals surface area contributed by atoms with E-state index in [1.54, 1.807) is 42.5 Å². The summed E-state index contributed by atoms with van der Waals surface area (Å²) in [4.78, 5) is 31.1. The summed E-state index contributed by atoms with van der Waals surface area (Å²) in [5.74, 6) is 0.864. The molecule has 1 amide bonds. The van der Waals surface area contributed by atoms with E-state index in [2.05, 4.69) is 26.0 Å². The Morgan fingerprint density at radius 2 is 1.84 bits per heavy atom. The SMILES string of the molecule is CNc1cc(Nc2cccn(C3CCC(OC)CC3)c2=O)nc2c(C(=O)NC3CC[C@@H](OC)C3)cnn12. The molecule has 3 heterocycles. The van der Waals surface area contributed by atoms with Gasteiger partial charge in [-0.05, 0) is 57.1 Å². The quantitative estimate of drug-likeness (QED) is 0.423. The fourth-order valence-corrected chi connectivity index (χ4v) is 5.50. The van der Waals surface area contributed by atoms with Crippen LogP contribution in [0.1, 0.15) is 61.3 Å². The van der Waals surface area contributed by atoms with Gasteiger partial charge in [0.2, 0.25) is 0 Å². The molecule has 0 bridgehead atoms. The molecule has 0 aromatic carbocycles. The lowest BCUT2D eigenvalue weighted by atomic mass is 9.92. The highest BCUT2D eigenvalue weighted by atomic mass is 16.5. The second-order valence-corrected chi connectivity index (χ2v) is 9.84. The first-order chi connectivity index (χ1) is 18.0. The van der Waals surface area contributed by atoms with Gasteiger partial charge in [0.1, 0.15) is 22.9 Å². The summed E-state index contributed by atoms with van der Waals surface area (Å²) < 4.78 is 14.3. The van der Waals surface area contributed by atoms with E-state index in [1.807, 2.05) is 12.3 Å². The van der Waals surface area contributed by atoms with Crippen LogP contribution < -0.4 is 21.5 Å². The summed E-state index contributed by atoms with van der Waals surface area (Å²) in [6, 6.07) is 5.58. The molecular weight excluding hydrogens is 474 g/mol. The number of aromatic nitrogens is 4. The van der Waals surface area contributed by atoms with E-state index in [4.69, 9.17) is 9.47 Å². The summed E-state index contributed by atoms with van der Waals surface area (Å²) in [5.41, 5.74) is 1.11. The third-order valence-electron chi connectivity index (χ3n) is 7.63. The molecule has 0 radical (unpaired) electrons. The van der Waals surface area contributed by atoms with Crippen molar-refractivity contribution in [2.45, 2.75) is 69.2 Å². The van der Waals surface area contributed by atoms with Gasteiger partial charge in [0.25, 0.3) is 11.5 Å². The average Bonchev–Trinajstić information content (AvgIpc) is 3.56. The molecule has 2 aliphatic carbocycles. The Kier molecular flexibility index (Phi) is 7.43. The second kappa shape index (κ2) is 10.9. The number of carbonyl (C=O) groups is 1. The monoisotopic (exact) mass is 509 g/mol. The van der Waals surface area contributed by atoms with Crippen LogP contribution in [0, 0.1) is 0 Å². The smallest absolute Gasteiger partial charge is 0.274 e. The number of carbonyl (C=O) groups excluding carboxylic acids is 1. The molecule has 11 heteroatoms. The van der Waals surface area contributed by atoms with Crippen LogP contribution >= 0.6 is 0 Å². The fourth-order valence-electron chi connectivity index (χ4n) is 5.50. The minimum atomic E-state index is -0.225. The Morgan fingerprint density at radius 1 is 1.08 bits per heavy atom. The van der Waals surface area contributed by atoms with E-state index in [-0.39, 0.29) is 35.8 Å². The van der Waals surface area contributed by atoms with E-state index < -0.39 is 0 Å². The van der Waals surface area contributed by atoms with Crippen LogP contribution in [0.15, 0.2) is 35.4 Å². The number of pyridine rings is 1. The Balaban J connectivity index is 1.39. The van der Waals surface area contributed by atoms with Crippen molar-refractivity contribution >= 4 is 28.9 Å². The third kappa shape index (κ3) is 5.19. The first-order valence-corrected chi connectivity index (χ1v) is 12.9. The average molecular weight is 510 g/mol. The van der Waals surface area contributed by atoms with Gasteiger partial charge in [-0.15, -0.1) is 0 Å². The van der Waals surface area contributed by atoms with Gasteiger partial charge >= 0.3 is 0 Å². The highest BCUT2D eigenvalue weighted by Gasteiger charge is 2.28. The van der Waals surface area contributed by atoms with Crippen molar-refractivity contribution in [2.24, 2.45) is 0 Å². The molecule has 1 unspecified atom stereocenters. The zero-order valence-corrected chi connectivity index (χ0v) is 21.6. The molecule has 5 rings (SSSR count). The maximum Gasteiger partial charge on any atom is 0.274 e. The normalized spacial score (nSPS) is 23.8. The molecule has 198 valence electrons. The second-order valence-electron chi connectivity index (χ2n) is 9.84. The van der Waals surface area contributed by atoms with Crippen LogP contribution in [0.3, 0.4) is 0 Å². The lowest BCUT2D eigenvalue weighted by Crippen LogP contribution is -2.33. The molecule has 0 spiro atoms. The van der Waals surface area contributed by atoms with Gasteiger partial charge in [0, 0.05) is 45.6 Å². The number of hydrogen-bond donors (Lipinski definition) is 3. The molecule has 37 heavy (non-hydrogen) atoms. The lowest BCUT2D eigenvalue weighted by Gasteiger charge is -2.29. The standard InChI is InChI=1S/C26H35N7O4/c1-27-23-14-22(30-21-5-4-12-32(26(21)35)17-7-10-18(36-2)11-8-17)31-24-20(15-28-33(23)24)25(34)29-16-6-9-19(13-16)37-3/h4-5,12,14-19,27H,6-11,13H2,1-3H3,(H,29,34)(H,30,31)/t16?,17?,18?,19-/m1/s1. The van der Waals surface area contributed by atoms with Crippen molar-refractivity contribution < 1.29 is 14.3 Å². The van der Waals surface area contributed by atoms with Crippen LogP contribution in [-0.4, -0.2) is 64.6 Å². The molecule has 2 fully saturated rings. The number of anilines is 3. The molecule has 2 saturated carbocycles. The number of ether oxygens (including phenoxy) is 2. The Bertz CT molecular complexity index is 1310. The Labute approximate surface area is 215 Å². The highest BCUT2D eigenvalue weighted by Crippen LogP contribution is 2.29. The zero-order chi connectivity index (χ0) is 25.9. The predicted molar refractivity (Wildman–Crippen MR) is 141 cm³/mol. The zero-order valence-electron chi connectivity index (χ0n) is 21.6. The van der Waals surface area contributed by atoms with Crippen LogP contribution in [0.25, 0.3) is 5.65 Å². The largest absolute Gasteiger partial charge is 0.381 e. The number of nitrogens with zero attached hydrogens (tertiary/aromatic N) is 4. The number of amides is 1. The molecule has 3 N–H and O–H groups in total. The summed E-state index contributed by atoms with van der Waals surface area (Å²) in [6.45, 7) is 0. The van der Waals surface area contributed by atoms with Crippen LogP contribution in [0.2, 0.25) is 0 Å². The van der Waals surface area contributed by atoms with Crippen molar-refractivity contribution in [2.75, 3.05) is 31.9 Å². The number of rotatable bonds is 8. The highest BCUT2D eigenvalue weighted by molar-refractivity contribution is 6.00. The summed E-state index contributed by atoms with van der Waals surface area (Å²) in [7, 11) is 5.21. The van der Waals surface area contributed by atoms with Gasteiger partial charge in [0.15, 0.2) is 5.65 Å². The van der Waals surface area contributed by atoms with E-state index in [9.17, 15) is 9.59 Å². The molecule has 2 atom stereocenters. The topological polar surface area (TPSA) is 124 Å². The summed E-state index contributed by atoms with van der Waals surface area (Å²) in [6.07, 6.45) is 10.1. The molecule has 0 aliphatic heterocycles. The van der Waals surface area contributed by atoms with Gasteiger partial charge in [-0.2, -0.15) is 9.61 Å². The van der Waals surface area contributed by atoms with Crippen molar-refractivity contribution in [1.82, 2.24) is 24.5 Å². The minimum absolute atomic E-state index is 0.0548. The minimum Gasteiger partial charge on any atom is -0.381 e. The summed E-state index contributed by atoms with van der Waals surface area (Å²) in [5, 5.41) is 13.7. The van der Waals surface area contributed by atoms with Gasteiger partial charge < -0.3 is 30.0 Å². The molecule has 11 nitrogen and oxygen atoms in total. The van der Waals surface area contributed by atoms with Crippen molar-refractivity contribution in [3.8, 4) is 0 Å². The lowest BCUT2D eigenvalue weighted by molar-refractivity contribution is 0.0580. The molecule has 2 aliphatic rings. The first kappa shape index (κ1) is 25.2. The Hall–Kier alpha value is -3.44. The number of fused-ring (bicyclic) bond motifs is 1. The molecule has 3 aromatic rings. The molecule has 3 aromatic heterocycles. The summed E-state index contributed by atoms with van der Waals surface area (Å²) >= 11 is 0. The van der Waals surface area contributed by atoms with Crippen LogP contribution in [0.5, 0.6) is 0 Å².